The lowest BCUT2D eigenvalue weighted by molar-refractivity contribution is -0.119. The average Bonchev–Trinajstić information content (AvgIpc) is 2.92. The second-order valence-electron chi connectivity index (χ2n) is 4.42. The maximum atomic E-state index is 12.3. The number of esters is 1. The number of methoxy groups -OCH3 is 1. The van der Waals surface area contributed by atoms with Gasteiger partial charge in [-0.2, -0.15) is 0 Å². The number of nitrogens with one attached hydrogen (secondary N) is 1. The molecule has 0 saturated heterocycles. The minimum atomic E-state index is -0.449. The Hall–Kier alpha value is -2.18. The first-order valence-corrected chi connectivity index (χ1v) is 7.68. The van der Waals surface area contributed by atoms with Crippen molar-refractivity contribution in [2.24, 2.45) is 0 Å². The van der Waals surface area contributed by atoms with E-state index in [-0.39, 0.29) is 19.1 Å². The molecular formula is C16H17NO4S. The molecule has 22 heavy (non-hydrogen) atoms. The van der Waals surface area contributed by atoms with Crippen LogP contribution >= 0.6 is 11.3 Å². The third-order valence-electron chi connectivity index (χ3n) is 2.88. The molecule has 5 nitrogen and oxygen atoms in total. The summed E-state index contributed by atoms with van der Waals surface area (Å²) in [5.41, 5.74) is 2.02. The predicted octanol–water partition coefficient (Wildman–Crippen LogP) is 3.18. The summed E-state index contributed by atoms with van der Waals surface area (Å²) in [6.45, 7) is 1.95. The van der Waals surface area contributed by atoms with Crippen molar-refractivity contribution in [3.63, 3.8) is 0 Å². The number of carbonyl (C=O) groups is 2. The Bertz CT molecular complexity index is 651. The summed E-state index contributed by atoms with van der Waals surface area (Å²) >= 11 is 1.29. The van der Waals surface area contributed by atoms with E-state index >= 15 is 0 Å². The average molecular weight is 319 g/mol. The van der Waals surface area contributed by atoms with E-state index < -0.39 is 5.97 Å². The van der Waals surface area contributed by atoms with E-state index in [2.05, 4.69) is 5.32 Å². The van der Waals surface area contributed by atoms with Gasteiger partial charge in [-0.05, 0) is 12.5 Å². The first kappa shape index (κ1) is 16.2. The molecule has 0 radical (unpaired) electrons. The molecule has 1 amide bonds. The van der Waals surface area contributed by atoms with E-state index in [0.717, 1.165) is 11.1 Å². The molecule has 0 aliphatic heterocycles. The first-order chi connectivity index (χ1) is 10.7. The molecule has 0 fully saturated rings. The lowest BCUT2D eigenvalue weighted by atomic mass is 10.0. The van der Waals surface area contributed by atoms with Gasteiger partial charge in [-0.1, -0.05) is 30.3 Å². The van der Waals surface area contributed by atoms with Gasteiger partial charge < -0.3 is 14.8 Å². The van der Waals surface area contributed by atoms with Gasteiger partial charge in [0.2, 0.25) is 0 Å². The number of thiophene rings is 1. The number of rotatable bonds is 6. The molecule has 116 valence electrons. The summed E-state index contributed by atoms with van der Waals surface area (Å²) in [7, 11) is 1.44. The third kappa shape index (κ3) is 3.72. The third-order valence-corrected chi connectivity index (χ3v) is 3.78. The summed E-state index contributed by atoms with van der Waals surface area (Å²) in [6, 6.07) is 9.51. The number of hydrogen-bond acceptors (Lipinski definition) is 5. The lowest BCUT2D eigenvalue weighted by Gasteiger charge is -2.08. The van der Waals surface area contributed by atoms with E-state index in [1.165, 1.54) is 18.4 Å². The second kappa shape index (κ2) is 7.72. The number of anilines is 1. The Balaban J connectivity index is 2.40. The van der Waals surface area contributed by atoms with Gasteiger partial charge in [-0.25, -0.2) is 4.79 Å². The molecule has 1 aromatic carbocycles. The Morgan fingerprint density at radius 1 is 1.23 bits per heavy atom. The minimum absolute atomic E-state index is 0.0686. The number of carbonyl (C=O) groups excluding carboxylic acids is 2. The van der Waals surface area contributed by atoms with E-state index in [4.69, 9.17) is 9.47 Å². The van der Waals surface area contributed by atoms with Gasteiger partial charge >= 0.3 is 5.97 Å². The highest BCUT2D eigenvalue weighted by Crippen LogP contribution is 2.36. The van der Waals surface area contributed by atoms with Crippen molar-refractivity contribution in [1.82, 2.24) is 0 Å². The quantitative estimate of drug-likeness (QED) is 0.831. The molecule has 0 spiro atoms. The van der Waals surface area contributed by atoms with Crippen LogP contribution < -0.4 is 5.32 Å². The van der Waals surface area contributed by atoms with Crippen LogP contribution in [0.3, 0.4) is 0 Å². The summed E-state index contributed by atoms with van der Waals surface area (Å²) in [4.78, 5) is 24.0. The van der Waals surface area contributed by atoms with Crippen molar-refractivity contribution in [1.29, 1.82) is 0 Å². The zero-order valence-corrected chi connectivity index (χ0v) is 13.2. The van der Waals surface area contributed by atoms with Crippen LogP contribution in [0.4, 0.5) is 5.00 Å². The normalized spacial score (nSPS) is 10.3. The summed E-state index contributed by atoms with van der Waals surface area (Å²) in [6.07, 6.45) is 0. The fraction of sp³-hybridized carbons (Fsp3) is 0.250. The molecular weight excluding hydrogens is 302 g/mol. The highest BCUT2D eigenvalue weighted by molar-refractivity contribution is 7.15. The van der Waals surface area contributed by atoms with Gasteiger partial charge in [-0.3, -0.25) is 4.79 Å². The maximum absolute atomic E-state index is 12.3. The molecule has 0 bridgehead atoms. The van der Waals surface area contributed by atoms with Crippen LogP contribution in [0.5, 0.6) is 0 Å². The highest BCUT2D eigenvalue weighted by Gasteiger charge is 2.22. The Morgan fingerprint density at radius 2 is 1.95 bits per heavy atom. The van der Waals surface area contributed by atoms with Gasteiger partial charge in [0.15, 0.2) is 0 Å². The van der Waals surface area contributed by atoms with E-state index in [9.17, 15) is 9.59 Å². The molecule has 0 unspecified atom stereocenters. The standard InChI is InChI=1S/C16H17NO4S/c1-3-21-16(19)14-12(11-7-5-4-6-8-11)10-22-15(14)17-13(18)9-20-2/h4-8,10H,3,9H2,1-2H3,(H,17,18). The molecule has 0 atom stereocenters. The van der Waals surface area contributed by atoms with Crippen LogP contribution in [0, 0.1) is 0 Å². The van der Waals surface area contributed by atoms with Crippen LogP contribution in [0.25, 0.3) is 11.1 Å². The minimum Gasteiger partial charge on any atom is -0.462 e. The van der Waals surface area contributed by atoms with Crippen LogP contribution in [-0.2, 0) is 14.3 Å². The monoisotopic (exact) mass is 319 g/mol. The molecule has 1 aromatic heterocycles. The first-order valence-electron chi connectivity index (χ1n) is 6.80. The fourth-order valence-electron chi connectivity index (χ4n) is 1.98. The zero-order chi connectivity index (χ0) is 15.9. The van der Waals surface area contributed by atoms with Crippen molar-refractivity contribution in [3.05, 3.63) is 41.3 Å². The SMILES string of the molecule is CCOC(=O)c1c(-c2ccccc2)csc1NC(=O)COC. The number of hydrogen-bond donors (Lipinski definition) is 1. The largest absolute Gasteiger partial charge is 0.462 e. The van der Waals surface area contributed by atoms with Gasteiger partial charge in [0, 0.05) is 18.1 Å². The Labute approximate surface area is 132 Å². The topological polar surface area (TPSA) is 64.6 Å². The predicted molar refractivity (Wildman–Crippen MR) is 86.2 cm³/mol. The highest BCUT2D eigenvalue weighted by atomic mass is 32.1. The van der Waals surface area contributed by atoms with Crippen molar-refractivity contribution < 1.29 is 19.1 Å². The number of amides is 1. The van der Waals surface area contributed by atoms with E-state index in [0.29, 0.717) is 10.6 Å². The van der Waals surface area contributed by atoms with E-state index in [1.54, 1.807) is 6.92 Å². The van der Waals surface area contributed by atoms with Crippen molar-refractivity contribution in [3.8, 4) is 11.1 Å². The summed E-state index contributed by atoms with van der Waals surface area (Å²) < 4.78 is 9.91. The number of benzene rings is 1. The van der Waals surface area contributed by atoms with Crippen LogP contribution in [0.2, 0.25) is 0 Å². The van der Waals surface area contributed by atoms with E-state index in [1.807, 2.05) is 35.7 Å². The number of ether oxygens (including phenoxy) is 2. The van der Waals surface area contributed by atoms with Crippen LogP contribution in [-0.4, -0.2) is 32.2 Å². The lowest BCUT2D eigenvalue weighted by Crippen LogP contribution is -2.18. The summed E-state index contributed by atoms with van der Waals surface area (Å²) in [5, 5.41) is 5.00. The molecule has 6 heteroatoms. The molecule has 0 aliphatic carbocycles. The molecule has 2 rings (SSSR count). The van der Waals surface area contributed by atoms with Gasteiger partial charge in [0.25, 0.3) is 5.91 Å². The van der Waals surface area contributed by atoms with Crippen molar-refractivity contribution in [2.75, 3.05) is 25.6 Å². The smallest absolute Gasteiger partial charge is 0.341 e. The molecule has 0 saturated carbocycles. The molecule has 1 N–H and O–H groups in total. The zero-order valence-electron chi connectivity index (χ0n) is 12.4. The Morgan fingerprint density at radius 3 is 2.59 bits per heavy atom. The molecule has 0 aliphatic rings. The van der Waals surface area contributed by atoms with Crippen molar-refractivity contribution in [2.45, 2.75) is 6.92 Å². The van der Waals surface area contributed by atoms with Crippen LogP contribution in [0.1, 0.15) is 17.3 Å². The maximum Gasteiger partial charge on any atom is 0.341 e. The van der Waals surface area contributed by atoms with Gasteiger partial charge in [0.1, 0.15) is 17.2 Å². The van der Waals surface area contributed by atoms with Crippen molar-refractivity contribution >= 4 is 28.2 Å². The van der Waals surface area contributed by atoms with Gasteiger partial charge in [-0.15, -0.1) is 11.3 Å². The Kier molecular flexibility index (Phi) is 5.68. The molecule has 2 aromatic rings. The summed E-state index contributed by atoms with van der Waals surface area (Å²) in [5.74, 6) is -0.759. The second-order valence-corrected chi connectivity index (χ2v) is 5.30. The molecule has 1 heterocycles. The fourth-order valence-corrected chi connectivity index (χ4v) is 2.95. The van der Waals surface area contributed by atoms with Crippen LogP contribution in [0.15, 0.2) is 35.7 Å². The van der Waals surface area contributed by atoms with Gasteiger partial charge in [0.05, 0.1) is 6.61 Å².